The van der Waals surface area contributed by atoms with Gasteiger partial charge in [0.05, 0.1) is 6.61 Å². The van der Waals surface area contributed by atoms with E-state index in [1.807, 2.05) is 13.8 Å². The maximum atomic E-state index is 11.1. The second-order valence-electron chi connectivity index (χ2n) is 4.27. The molecule has 16 heavy (non-hydrogen) atoms. The first-order valence-electron chi connectivity index (χ1n) is 5.64. The minimum absolute atomic E-state index is 0.0947. The van der Waals surface area contributed by atoms with E-state index in [0.29, 0.717) is 31.9 Å². The van der Waals surface area contributed by atoms with Crippen molar-refractivity contribution in [1.82, 2.24) is 4.90 Å². The summed E-state index contributed by atoms with van der Waals surface area (Å²) in [5, 5.41) is 9.42. The Morgan fingerprint density at radius 3 is 2.69 bits per heavy atom. The largest absolute Gasteiger partial charge is 0.368 e. The van der Waals surface area contributed by atoms with Gasteiger partial charge in [-0.2, -0.15) is 0 Å². The van der Waals surface area contributed by atoms with E-state index in [0.717, 1.165) is 0 Å². The van der Waals surface area contributed by atoms with Crippen LogP contribution in [0.4, 0.5) is 0 Å². The maximum Gasteiger partial charge on any atom is 0.245 e. The Kier molecular flexibility index (Phi) is 7.85. The second kappa shape index (κ2) is 8.30. The van der Waals surface area contributed by atoms with Crippen molar-refractivity contribution in [3.05, 3.63) is 12.7 Å². The summed E-state index contributed by atoms with van der Waals surface area (Å²) < 4.78 is 5.21. The summed E-state index contributed by atoms with van der Waals surface area (Å²) in [5.41, 5.74) is 0. The average molecular weight is 229 g/mol. The monoisotopic (exact) mass is 229 g/mol. The highest BCUT2D eigenvalue weighted by Crippen LogP contribution is 2.05. The van der Waals surface area contributed by atoms with Gasteiger partial charge < -0.3 is 14.7 Å². The maximum absolute atomic E-state index is 11.1. The molecule has 0 rings (SSSR count). The van der Waals surface area contributed by atoms with Gasteiger partial charge >= 0.3 is 0 Å². The molecule has 1 N–H and O–H groups in total. The molecule has 0 aromatic heterocycles. The molecule has 0 bridgehead atoms. The molecule has 1 amide bonds. The lowest BCUT2D eigenvalue weighted by Gasteiger charge is -2.17. The van der Waals surface area contributed by atoms with Crippen molar-refractivity contribution >= 4 is 5.91 Å². The quantitative estimate of drug-likeness (QED) is 0.389. The number of hydrogen-bond acceptors (Lipinski definition) is 3. The third-order valence-corrected chi connectivity index (χ3v) is 2.17. The molecule has 0 radical (unpaired) electrons. The Bertz CT molecular complexity index is 216. The van der Waals surface area contributed by atoms with Crippen LogP contribution in [-0.4, -0.2) is 42.4 Å². The van der Waals surface area contributed by atoms with Crippen molar-refractivity contribution in [2.45, 2.75) is 33.0 Å². The summed E-state index contributed by atoms with van der Waals surface area (Å²) in [4.78, 5) is 12.7. The van der Waals surface area contributed by atoms with E-state index in [1.165, 1.54) is 6.08 Å². The number of amides is 1. The number of aliphatic hydroxyl groups is 1. The minimum atomic E-state index is -0.694. The zero-order valence-electron chi connectivity index (χ0n) is 10.5. The van der Waals surface area contributed by atoms with Crippen LogP contribution in [0.2, 0.25) is 0 Å². The smallest absolute Gasteiger partial charge is 0.245 e. The summed E-state index contributed by atoms with van der Waals surface area (Å²) in [7, 11) is 1.72. The van der Waals surface area contributed by atoms with Gasteiger partial charge in [0.1, 0.15) is 0 Å². The fourth-order valence-electron chi connectivity index (χ4n) is 1.26. The Morgan fingerprint density at radius 1 is 1.56 bits per heavy atom. The molecule has 0 fully saturated rings. The van der Waals surface area contributed by atoms with Gasteiger partial charge in [-0.1, -0.05) is 20.4 Å². The molecule has 94 valence electrons. The molecule has 1 atom stereocenters. The second-order valence-corrected chi connectivity index (χ2v) is 4.27. The fraction of sp³-hybridized carbons (Fsp3) is 0.750. The molecule has 0 aliphatic heterocycles. The van der Waals surface area contributed by atoms with Crippen LogP contribution in [0.25, 0.3) is 0 Å². The molecule has 0 aromatic carbocycles. The van der Waals surface area contributed by atoms with Gasteiger partial charge in [0.15, 0.2) is 6.29 Å². The topological polar surface area (TPSA) is 49.8 Å². The number of nitrogens with zero attached hydrogens (tertiary/aromatic N) is 1. The van der Waals surface area contributed by atoms with Crippen LogP contribution in [0, 0.1) is 5.92 Å². The number of carbonyl (C=O) groups is 1. The van der Waals surface area contributed by atoms with Gasteiger partial charge in [-0.15, -0.1) is 0 Å². The molecule has 0 aliphatic carbocycles. The first-order chi connectivity index (χ1) is 7.47. The van der Waals surface area contributed by atoms with Gasteiger partial charge in [-0.25, -0.2) is 0 Å². The van der Waals surface area contributed by atoms with Crippen molar-refractivity contribution in [2.24, 2.45) is 5.92 Å². The number of ether oxygens (including phenoxy) is 1. The molecule has 0 aromatic rings. The van der Waals surface area contributed by atoms with E-state index in [1.54, 1.807) is 11.9 Å². The van der Waals surface area contributed by atoms with Gasteiger partial charge in [0.2, 0.25) is 5.91 Å². The minimum Gasteiger partial charge on any atom is -0.368 e. The number of likely N-dealkylation sites (N-methyl/N-ethyl adjacent to an activating group) is 1. The van der Waals surface area contributed by atoms with Crippen LogP contribution in [0.15, 0.2) is 12.7 Å². The number of carbonyl (C=O) groups excluding carboxylic acids is 1. The molecule has 4 heteroatoms. The standard InChI is InChI=1S/C12H23NO3/c1-5-11(14)13(4)7-6-8-16-12(15)9-10(2)3/h5,10,12,15H,1,6-9H2,2-4H3. The van der Waals surface area contributed by atoms with Crippen molar-refractivity contribution < 1.29 is 14.6 Å². The van der Waals surface area contributed by atoms with E-state index >= 15 is 0 Å². The van der Waals surface area contributed by atoms with Crippen LogP contribution < -0.4 is 0 Å². The molecule has 0 heterocycles. The van der Waals surface area contributed by atoms with E-state index in [2.05, 4.69) is 6.58 Å². The molecule has 1 unspecified atom stereocenters. The normalized spacial score (nSPS) is 12.6. The molecular formula is C12H23NO3. The van der Waals surface area contributed by atoms with Gasteiger partial charge in [0, 0.05) is 20.0 Å². The lowest BCUT2D eigenvalue weighted by Crippen LogP contribution is -2.27. The van der Waals surface area contributed by atoms with Crippen molar-refractivity contribution in [1.29, 1.82) is 0 Å². The highest BCUT2D eigenvalue weighted by molar-refractivity contribution is 5.86. The number of rotatable bonds is 8. The van der Waals surface area contributed by atoms with Crippen molar-refractivity contribution in [3.8, 4) is 0 Å². The molecule has 4 nitrogen and oxygen atoms in total. The van der Waals surface area contributed by atoms with Crippen LogP contribution in [-0.2, 0) is 9.53 Å². The van der Waals surface area contributed by atoms with Crippen LogP contribution in [0.3, 0.4) is 0 Å². The Morgan fingerprint density at radius 2 is 2.19 bits per heavy atom. The van der Waals surface area contributed by atoms with Gasteiger partial charge in [-0.3, -0.25) is 4.79 Å². The number of aliphatic hydroxyl groups excluding tert-OH is 1. The molecule has 0 saturated heterocycles. The number of hydrogen-bond donors (Lipinski definition) is 1. The Balaban J connectivity index is 3.52. The van der Waals surface area contributed by atoms with Crippen molar-refractivity contribution in [3.63, 3.8) is 0 Å². The first kappa shape index (κ1) is 15.1. The predicted octanol–water partition coefficient (Wildman–Crippen LogP) is 1.40. The van der Waals surface area contributed by atoms with Crippen LogP contribution in [0.5, 0.6) is 0 Å². The summed E-state index contributed by atoms with van der Waals surface area (Å²) >= 11 is 0. The fourth-order valence-corrected chi connectivity index (χ4v) is 1.26. The summed E-state index contributed by atoms with van der Waals surface area (Å²) in [6, 6.07) is 0. The lowest BCUT2D eigenvalue weighted by atomic mass is 10.1. The third kappa shape index (κ3) is 7.43. The van der Waals surface area contributed by atoms with E-state index < -0.39 is 6.29 Å². The van der Waals surface area contributed by atoms with E-state index in [4.69, 9.17) is 4.74 Å². The highest BCUT2D eigenvalue weighted by atomic mass is 16.6. The summed E-state index contributed by atoms with van der Waals surface area (Å²) in [5.74, 6) is 0.322. The molecule has 0 spiro atoms. The molecule has 0 aliphatic rings. The third-order valence-electron chi connectivity index (χ3n) is 2.17. The van der Waals surface area contributed by atoms with Gasteiger partial charge in [-0.05, 0) is 18.4 Å². The summed E-state index contributed by atoms with van der Waals surface area (Å²) in [6.07, 6.45) is 1.95. The average Bonchev–Trinajstić information content (AvgIpc) is 2.21. The predicted molar refractivity (Wildman–Crippen MR) is 63.9 cm³/mol. The zero-order valence-corrected chi connectivity index (χ0v) is 10.5. The van der Waals surface area contributed by atoms with Gasteiger partial charge in [0.25, 0.3) is 0 Å². The molecule has 0 saturated carbocycles. The van der Waals surface area contributed by atoms with E-state index in [-0.39, 0.29) is 5.91 Å². The Hall–Kier alpha value is -0.870. The zero-order chi connectivity index (χ0) is 12.6. The lowest BCUT2D eigenvalue weighted by molar-refractivity contribution is -0.126. The van der Waals surface area contributed by atoms with E-state index in [9.17, 15) is 9.90 Å². The van der Waals surface area contributed by atoms with Crippen LogP contribution in [0.1, 0.15) is 26.7 Å². The molecular weight excluding hydrogens is 206 g/mol. The SMILES string of the molecule is C=CC(=O)N(C)CCCOC(O)CC(C)C. The highest BCUT2D eigenvalue weighted by Gasteiger charge is 2.07. The first-order valence-corrected chi connectivity index (χ1v) is 5.64. The Labute approximate surface area is 97.9 Å². The summed E-state index contributed by atoms with van der Waals surface area (Å²) in [6.45, 7) is 8.54. The van der Waals surface area contributed by atoms with Crippen molar-refractivity contribution in [2.75, 3.05) is 20.2 Å². The van der Waals surface area contributed by atoms with Crippen LogP contribution >= 0.6 is 0 Å².